The Kier molecular flexibility index (Phi) is 5.32. The average Bonchev–Trinajstić information content (AvgIpc) is 3.04. The molecule has 7 nitrogen and oxygen atoms in total. The van der Waals surface area contributed by atoms with Gasteiger partial charge in [0, 0.05) is 19.1 Å². The van der Waals surface area contributed by atoms with Gasteiger partial charge in [0.05, 0.1) is 28.8 Å². The van der Waals surface area contributed by atoms with Crippen molar-refractivity contribution in [1.82, 2.24) is 10.2 Å². The molecule has 2 amide bonds. The second-order valence-corrected chi connectivity index (χ2v) is 6.77. The van der Waals surface area contributed by atoms with Crippen LogP contribution in [0.2, 0.25) is 0 Å². The summed E-state index contributed by atoms with van der Waals surface area (Å²) < 4.78 is 10.5. The van der Waals surface area contributed by atoms with Crippen LogP contribution in [-0.2, 0) is 14.3 Å². The van der Waals surface area contributed by atoms with E-state index in [-0.39, 0.29) is 24.0 Å². The predicted octanol–water partition coefficient (Wildman–Crippen LogP) is 2.52. The number of carbonyl (C=O) groups is 2. The second-order valence-electron chi connectivity index (χ2n) is 6.37. The van der Waals surface area contributed by atoms with Crippen molar-refractivity contribution in [3.05, 3.63) is 22.6 Å². The lowest BCUT2D eigenvalue weighted by atomic mass is 10.00. The number of nitrogens with one attached hydrogen (secondary N) is 2. The number of rotatable bonds is 3. The molecule has 0 spiro atoms. The van der Waals surface area contributed by atoms with E-state index in [0.717, 1.165) is 0 Å². The van der Waals surface area contributed by atoms with Gasteiger partial charge in [-0.1, -0.05) is 11.6 Å². The van der Waals surface area contributed by atoms with Gasteiger partial charge in [0.15, 0.2) is 0 Å². The maximum atomic E-state index is 12.6. The molecule has 2 heterocycles. The van der Waals surface area contributed by atoms with Crippen LogP contribution in [-0.4, -0.2) is 48.4 Å². The third-order valence-corrected chi connectivity index (χ3v) is 5.12. The lowest BCUT2D eigenvalue weighted by molar-refractivity contribution is -0.118. The van der Waals surface area contributed by atoms with Crippen molar-refractivity contribution < 1.29 is 19.1 Å². The topological polar surface area (TPSA) is 91.7 Å². The number of amides is 2. The van der Waals surface area contributed by atoms with E-state index in [9.17, 15) is 9.59 Å². The van der Waals surface area contributed by atoms with Crippen LogP contribution >= 0.6 is 11.6 Å². The van der Waals surface area contributed by atoms with Crippen LogP contribution in [0, 0.1) is 11.3 Å². The van der Waals surface area contributed by atoms with E-state index in [1.807, 2.05) is 0 Å². The third-order valence-electron chi connectivity index (χ3n) is 4.82. The zero-order valence-corrected chi connectivity index (χ0v) is 14.9. The van der Waals surface area contributed by atoms with Gasteiger partial charge in [-0.05, 0) is 32.6 Å². The van der Waals surface area contributed by atoms with Gasteiger partial charge in [0.1, 0.15) is 12.0 Å². The minimum atomic E-state index is -0.298. The Hall–Kier alpha value is -2.02. The van der Waals surface area contributed by atoms with Crippen LogP contribution < -0.4 is 5.32 Å². The quantitative estimate of drug-likeness (QED) is 0.801. The Morgan fingerprint density at radius 3 is 2.80 bits per heavy atom. The minimum absolute atomic E-state index is 0.0208. The first-order valence-corrected chi connectivity index (χ1v) is 8.95. The van der Waals surface area contributed by atoms with Gasteiger partial charge in [-0.15, -0.1) is 0 Å². The summed E-state index contributed by atoms with van der Waals surface area (Å²) in [6.45, 7) is 3.28. The highest BCUT2D eigenvalue weighted by molar-refractivity contribution is 6.43. The zero-order valence-electron chi connectivity index (χ0n) is 14.1. The molecule has 3 rings (SSSR count). The molecule has 0 radical (unpaired) electrons. The molecule has 25 heavy (non-hydrogen) atoms. The molecule has 1 unspecified atom stereocenters. The van der Waals surface area contributed by atoms with Crippen molar-refractivity contribution in [3.8, 4) is 0 Å². The molecule has 1 saturated heterocycles. The highest BCUT2D eigenvalue weighted by Crippen LogP contribution is 2.39. The van der Waals surface area contributed by atoms with E-state index in [2.05, 4.69) is 5.32 Å². The number of nitrogens with zero attached hydrogens (tertiary/aromatic N) is 1. The van der Waals surface area contributed by atoms with Crippen molar-refractivity contribution in [2.75, 3.05) is 19.7 Å². The first-order chi connectivity index (χ1) is 12.0. The summed E-state index contributed by atoms with van der Waals surface area (Å²) in [5.74, 6) is 0.186. The molecule has 0 aromatic heterocycles. The lowest BCUT2D eigenvalue weighted by Gasteiger charge is -2.31. The monoisotopic (exact) mass is 367 g/mol. The number of carbonyl (C=O) groups excluding carboxylic acids is 2. The Morgan fingerprint density at radius 1 is 1.40 bits per heavy atom. The molecule has 1 fully saturated rings. The van der Waals surface area contributed by atoms with Crippen molar-refractivity contribution in [2.24, 2.45) is 5.92 Å². The first-order valence-electron chi connectivity index (χ1n) is 8.58. The summed E-state index contributed by atoms with van der Waals surface area (Å²) in [6.07, 6.45) is 3.66. The predicted molar refractivity (Wildman–Crippen MR) is 92.3 cm³/mol. The molecule has 1 aliphatic carbocycles. The molecule has 3 aliphatic rings. The number of fused-ring (bicyclic) bond motifs is 1. The molecule has 8 heteroatoms. The molecule has 1 atom stereocenters. The van der Waals surface area contributed by atoms with Crippen LogP contribution in [0.25, 0.3) is 0 Å². The normalized spacial score (nSPS) is 23.8. The van der Waals surface area contributed by atoms with Crippen LogP contribution in [0.5, 0.6) is 0 Å². The van der Waals surface area contributed by atoms with Gasteiger partial charge in [-0.25, -0.2) is 4.79 Å². The molecular formula is C17H22ClN3O4. The first kappa shape index (κ1) is 17.8. The molecule has 2 N–H and O–H groups in total. The largest absolute Gasteiger partial charge is 0.467 e. The number of likely N-dealkylation sites (tertiary alicyclic amines) is 1. The maximum absolute atomic E-state index is 12.6. The zero-order chi connectivity index (χ0) is 18.0. The van der Waals surface area contributed by atoms with Gasteiger partial charge in [-0.2, -0.15) is 0 Å². The number of halogens is 1. The van der Waals surface area contributed by atoms with Crippen molar-refractivity contribution in [1.29, 1.82) is 5.41 Å². The summed E-state index contributed by atoms with van der Waals surface area (Å²) in [6, 6.07) is 0.0208. The van der Waals surface area contributed by atoms with Crippen molar-refractivity contribution >= 4 is 29.3 Å². The number of ether oxygens (including phenoxy) is 2. The Bertz CT molecular complexity index is 650. The molecule has 136 valence electrons. The molecule has 0 aromatic rings. The Labute approximate surface area is 151 Å². The SMILES string of the molecule is CCOC(=O)N1CCC(NC(=O)C2=C3OC=C(Cl)C(=N)C3CC2)CC1. The van der Waals surface area contributed by atoms with Crippen LogP contribution in [0.4, 0.5) is 4.79 Å². The highest BCUT2D eigenvalue weighted by Gasteiger charge is 2.37. The average molecular weight is 368 g/mol. The fraction of sp³-hybridized carbons (Fsp3) is 0.588. The smallest absolute Gasteiger partial charge is 0.409 e. The second kappa shape index (κ2) is 7.47. The summed E-state index contributed by atoms with van der Waals surface area (Å²) >= 11 is 5.92. The van der Waals surface area contributed by atoms with Gasteiger partial charge < -0.3 is 25.1 Å². The fourth-order valence-corrected chi connectivity index (χ4v) is 3.62. The van der Waals surface area contributed by atoms with Gasteiger partial charge in [-0.3, -0.25) is 4.79 Å². The Morgan fingerprint density at radius 2 is 2.12 bits per heavy atom. The maximum Gasteiger partial charge on any atom is 0.409 e. The summed E-state index contributed by atoms with van der Waals surface area (Å²) in [5.41, 5.74) is 0.913. The standard InChI is InChI=1S/C17H22ClN3O4/c1-2-24-17(23)21-7-5-10(6-8-21)20-16(22)12-4-3-11-14(19)13(18)9-25-15(11)12/h9-11,19H,2-8H2,1H3,(H,20,22). The van der Waals surface area contributed by atoms with E-state index in [1.165, 1.54) is 6.26 Å². The van der Waals surface area contributed by atoms with Crippen LogP contribution in [0.15, 0.2) is 22.6 Å². The Balaban J connectivity index is 1.57. The van der Waals surface area contributed by atoms with Gasteiger partial charge >= 0.3 is 6.09 Å². The number of hydrogen-bond donors (Lipinski definition) is 2. The summed E-state index contributed by atoms with van der Waals surface area (Å²) in [7, 11) is 0. The van der Waals surface area contributed by atoms with E-state index >= 15 is 0 Å². The summed E-state index contributed by atoms with van der Waals surface area (Å²) in [4.78, 5) is 26.0. The minimum Gasteiger partial charge on any atom is -0.467 e. The van der Waals surface area contributed by atoms with E-state index in [1.54, 1.807) is 11.8 Å². The lowest BCUT2D eigenvalue weighted by Crippen LogP contribution is -2.47. The number of piperidine rings is 1. The number of hydrogen-bond acceptors (Lipinski definition) is 5. The fourth-order valence-electron chi connectivity index (χ4n) is 3.45. The molecule has 2 aliphatic heterocycles. The highest BCUT2D eigenvalue weighted by atomic mass is 35.5. The molecular weight excluding hydrogens is 346 g/mol. The van der Waals surface area contributed by atoms with E-state index in [4.69, 9.17) is 26.5 Å². The molecule has 0 saturated carbocycles. The van der Waals surface area contributed by atoms with E-state index in [0.29, 0.717) is 67.5 Å². The van der Waals surface area contributed by atoms with Crippen LogP contribution in [0.3, 0.4) is 0 Å². The molecule has 0 bridgehead atoms. The number of allylic oxidation sites excluding steroid dienone is 2. The summed E-state index contributed by atoms with van der Waals surface area (Å²) in [5, 5.41) is 11.3. The van der Waals surface area contributed by atoms with Crippen molar-refractivity contribution in [3.63, 3.8) is 0 Å². The molecule has 0 aromatic carbocycles. The van der Waals surface area contributed by atoms with Gasteiger partial charge in [0.2, 0.25) is 0 Å². The third kappa shape index (κ3) is 3.66. The van der Waals surface area contributed by atoms with Crippen molar-refractivity contribution in [2.45, 2.75) is 38.6 Å². The van der Waals surface area contributed by atoms with E-state index < -0.39 is 0 Å². The van der Waals surface area contributed by atoms with Gasteiger partial charge in [0.25, 0.3) is 5.91 Å². The van der Waals surface area contributed by atoms with Crippen LogP contribution in [0.1, 0.15) is 32.6 Å².